The van der Waals surface area contributed by atoms with Crippen LogP contribution in [0.2, 0.25) is 10.0 Å². The van der Waals surface area contributed by atoms with Crippen molar-refractivity contribution in [3.05, 3.63) is 44.9 Å². The number of aromatic nitrogens is 2. The number of hydrogen-bond acceptors (Lipinski definition) is 3. The molecule has 0 saturated carbocycles. The Kier molecular flexibility index (Phi) is 5.85. The van der Waals surface area contributed by atoms with E-state index in [2.05, 4.69) is 15.7 Å². The Morgan fingerprint density at radius 3 is 2.58 bits per heavy atom. The molecule has 8 heteroatoms. The molecule has 0 saturated heterocycles. The van der Waals surface area contributed by atoms with Crippen molar-refractivity contribution in [3.63, 3.8) is 0 Å². The van der Waals surface area contributed by atoms with Gasteiger partial charge >= 0.3 is 0 Å². The van der Waals surface area contributed by atoms with Gasteiger partial charge in [-0.15, -0.1) is 0 Å². The predicted molar refractivity (Wildman–Crippen MR) is 94.1 cm³/mol. The minimum absolute atomic E-state index is 0.0313. The number of benzene rings is 1. The van der Waals surface area contributed by atoms with Crippen LogP contribution in [0.1, 0.15) is 29.9 Å². The van der Waals surface area contributed by atoms with Gasteiger partial charge < -0.3 is 10.6 Å². The third-order valence-corrected chi connectivity index (χ3v) is 4.47. The normalized spacial score (nSPS) is 12.3. The van der Waals surface area contributed by atoms with Crippen molar-refractivity contribution in [2.45, 2.75) is 26.8 Å². The standard InChI is InChI=1S/C16H19Cl2FN4O/c1-8(11-5-14(19)13(18)6-12(11)17)20-7-15(24)21-16-9(2)22-23(4)10(16)3/h5-6,8,20H,7H2,1-4H3,(H,21,24)/t8-/m0/s1. The van der Waals surface area contributed by atoms with Gasteiger partial charge in [0.05, 0.1) is 28.6 Å². The van der Waals surface area contributed by atoms with Crippen molar-refractivity contribution >= 4 is 34.8 Å². The number of hydrogen-bond donors (Lipinski definition) is 2. The van der Waals surface area contributed by atoms with Gasteiger partial charge in [-0.05, 0) is 38.5 Å². The van der Waals surface area contributed by atoms with Gasteiger partial charge in [0.15, 0.2) is 0 Å². The molecule has 24 heavy (non-hydrogen) atoms. The monoisotopic (exact) mass is 372 g/mol. The van der Waals surface area contributed by atoms with Crippen LogP contribution in [0.5, 0.6) is 0 Å². The minimum atomic E-state index is -0.546. The summed E-state index contributed by atoms with van der Waals surface area (Å²) in [5.41, 5.74) is 2.86. The van der Waals surface area contributed by atoms with E-state index in [4.69, 9.17) is 23.2 Å². The maximum absolute atomic E-state index is 13.6. The maximum atomic E-state index is 13.6. The summed E-state index contributed by atoms with van der Waals surface area (Å²) in [6, 6.07) is 2.32. The molecule has 0 spiro atoms. The second-order valence-corrected chi connectivity index (χ2v) is 6.42. The molecule has 1 aromatic heterocycles. The first kappa shape index (κ1) is 18.7. The van der Waals surface area contributed by atoms with Crippen LogP contribution in [0.3, 0.4) is 0 Å². The number of nitrogens with zero attached hydrogens (tertiary/aromatic N) is 2. The van der Waals surface area contributed by atoms with Crippen LogP contribution in [-0.2, 0) is 11.8 Å². The zero-order valence-electron chi connectivity index (χ0n) is 13.9. The van der Waals surface area contributed by atoms with Gasteiger partial charge in [-0.25, -0.2) is 4.39 Å². The lowest BCUT2D eigenvalue weighted by Gasteiger charge is -2.16. The molecule has 0 aliphatic rings. The van der Waals surface area contributed by atoms with Gasteiger partial charge in [-0.1, -0.05) is 23.2 Å². The highest BCUT2D eigenvalue weighted by Gasteiger charge is 2.16. The second kappa shape index (κ2) is 7.51. The molecule has 0 fully saturated rings. The Balaban J connectivity index is 2.00. The SMILES string of the molecule is Cc1nn(C)c(C)c1NC(=O)CN[C@@H](C)c1cc(F)c(Cl)cc1Cl. The topological polar surface area (TPSA) is 59.0 Å². The molecule has 0 aliphatic heterocycles. The molecule has 0 bridgehead atoms. The molecule has 1 aromatic carbocycles. The average Bonchev–Trinajstić information content (AvgIpc) is 2.75. The highest BCUT2D eigenvalue weighted by atomic mass is 35.5. The fourth-order valence-corrected chi connectivity index (χ4v) is 2.91. The number of aryl methyl sites for hydroxylation is 2. The summed E-state index contributed by atoms with van der Waals surface area (Å²) in [6.07, 6.45) is 0. The van der Waals surface area contributed by atoms with E-state index in [1.165, 1.54) is 12.1 Å². The smallest absolute Gasteiger partial charge is 0.238 e. The maximum Gasteiger partial charge on any atom is 0.238 e. The number of carbonyl (C=O) groups excluding carboxylic acids is 1. The van der Waals surface area contributed by atoms with Crippen molar-refractivity contribution in [1.29, 1.82) is 0 Å². The Morgan fingerprint density at radius 1 is 1.33 bits per heavy atom. The predicted octanol–water partition coefficient (Wildman–Crippen LogP) is 3.77. The number of nitrogens with one attached hydrogen (secondary N) is 2. The molecule has 0 aliphatic carbocycles. The fraction of sp³-hybridized carbons (Fsp3) is 0.375. The molecule has 2 N–H and O–H groups in total. The van der Waals surface area contributed by atoms with Crippen molar-refractivity contribution in [2.24, 2.45) is 7.05 Å². The summed E-state index contributed by atoms with van der Waals surface area (Å²) in [5, 5.41) is 10.4. The van der Waals surface area contributed by atoms with E-state index in [-0.39, 0.29) is 23.5 Å². The van der Waals surface area contributed by atoms with Crippen molar-refractivity contribution in [3.8, 4) is 0 Å². The molecule has 1 amide bonds. The average molecular weight is 373 g/mol. The van der Waals surface area contributed by atoms with E-state index in [0.717, 1.165) is 11.4 Å². The lowest BCUT2D eigenvalue weighted by atomic mass is 10.1. The number of halogens is 3. The van der Waals surface area contributed by atoms with Gasteiger partial charge in [0.25, 0.3) is 0 Å². The number of anilines is 1. The number of rotatable bonds is 5. The van der Waals surface area contributed by atoms with Gasteiger partial charge in [0.2, 0.25) is 5.91 Å². The van der Waals surface area contributed by atoms with Crippen LogP contribution >= 0.6 is 23.2 Å². The largest absolute Gasteiger partial charge is 0.322 e. The van der Waals surface area contributed by atoms with Crippen LogP contribution in [0.25, 0.3) is 0 Å². The lowest BCUT2D eigenvalue weighted by molar-refractivity contribution is -0.115. The molecule has 5 nitrogen and oxygen atoms in total. The van der Waals surface area contributed by atoms with Crippen LogP contribution in [0, 0.1) is 19.7 Å². The summed E-state index contributed by atoms with van der Waals surface area (Å²) in [6.45, 7) is 5.55. The zero-order valence-corrected chi connectivity index (χ0v) is 15.4. The summed E-state index contributed by atoms with van der Waals surface area (Å²) < 4.78 is 15.3. The summed E-state index contributed by atoms with van der Waals surface area (Å²) in [5.74, 6) is -0.762. The highest BCUT2D eigenvalue weighted by Crippen LogP contribution is 2.28. The van der Waals surface area contributed by atoms with E-state index >= 15 is 0 Å². The third-order valence-electron chi connectivity index (χ3n) is 3.85. The highest BCUT2D eigenvalue weighted by molar-refractivity contribution is 6.35. The molecule has 0 unspecified atom stereocenters. The summed E-state index contributed by atoms with van der Waals surface area (Å²) in [7, 11) is 1.81. The van der Waals surface area contributed by atoms with Gasteiger partial charge in [0.1, 0.15) is 5.82 Å². The minimum Gasteiger partial charge on any atom is -0.322 e. The molecule has 2 rings (SSSR count). The molecule has 2 aromatic rings. The molecule has 1 atom stereocenters. The first-order chi connectivity index (χ1) is 11.2. The quantitative estimate of drug-likeness (QED) is 0.785. The molecular formula is C16H19Cl2FN4O. The van der Waals surface area contributed by atoms with Gasteiger partial charge in [-0.3, -0.25) is 9.48 Å². The summed E-state index contributed by atoms with van der Waals surface area (Å²) >= 11 is 11.8. The van der Waals surface area contributed by atoms with Crippen molar-refractivity contribution in [1.82, 2.24) is 15.1 Å². The summed E-state index contributed by atoms with van der Waals surface area (Å²) in [4.78, 5) is 12.1. The van der Waals surface area contributed by atoms with E-state index in [0.29, 0.717) is 16.3 Å². The van der Waals surface area contributed by atoms with Gasteiger partial charge in [0, 0.05) is 18.1 Å². The Bertz CT molecular complexity index is 776. The van der Waals surface area contributed by atoms with E-state index in [1.807, 2.05) is 20.9 Å². The van der Waals surface area contributed by atoms with E-state index < -0.39 is 5.82 Å². The molecular weight excluding hydrogens is 354 g/mol. The van der Waals surface area contributed by atoms with Crippen LogP contribution < -0.4 is 10.6 Å². The number of carbonyl (C=O) groups is 1. The van der Waals surface area contributed by atoms with Crippen LogP contribution in [0.15, 0.2) is 12.1 Å². The van der Waals surface area contributed by atoms with Gasteiger partial charge in [-0.2, -0.15) is 5.10 Å². The Morgan fingerprint density at radius 2 is 2.00 bits per heavy atom. The van der Waals surface area contributed by atoms with Crippen molar-refractivity contribution in [2.75, 3.05) is 11.9 Å². The fourth-order valence-electron chi connectivity index (χ4n) is 2.36. The molecule has 0 radical (unpaired) electrons. The second-order valence-electron chi connectivity index (χ2n) is 5.61. The van der Waals surface area contributed by atoms with Crippen LogP contribution in [0.4, 0.5) is 10.1 Å². The first-order valence-electron chi connectivity index (χ1n) is 7.38. The molecule has 130 valence electrons. The first-order valence-corrected chi connectivity index (χ1v) is 8.14. The number of amides is 1. The zero-order chi connectivity index (χ0) is 18.0. The van der Waals surface area contributed by atoms with E-state index in [9.17, 15) is 9.18 Å². The van der Waals surface area contributed by atoms with E-state index in [1.54, 1.807) is 11.6 Å². The third kappa shape index (κ3) is 4.06. The Hall–Kier alpha value is -1.63. The van der Waals surface area contributed by atoms with Crippen LogP contribution in [-0.4, -0.2) is 22.2 Å². The van der Waals surface area contributed by atoms with Crippen molar-refractivity contribution < 1.29 is 9.18 Å². The Labute approximate surface area is 150 Å². The molecule has 1 heterocycles. The lowest BCUT2D eigenvalue weighted by Crippen LogP contribution is -2.30.